The van der Waals surface area contributed by atoms with Crippen LogP contribution in [0, 0.1) is 13.8 Å². The molecule has 2 aromatic heterocycles. The van der Waals surface area contributed by atoms with E-state index in [4.69, 9.17) is 5.11 Å². The predicted octanol–water partition coefficient (Wildman–Crippen LogP) is 1.92. The lowest BCUT2D eigenvalue weighted by Crippen LogP contribution is -2.05. The topological polar surface area (TPSA) is 76.0 Å². The third-order valence-electron chi connectivity index (χ3n) is 2.02. The van der Waals surface area contributed by atoms with Crippen molar-refractivity contribution >= 4 is 17.3 Å². The van der Waals surface area contributed by atoms with Crippen molar-refractivity contribution in [3.05, 3.63) is 27.8 Å². The molecule has 2 rings (SSSR count). The fraction of sp³-hybridized carbons (Fsp3) is 0.200. The second kappa shape index (κ2) is 3.97. The Kier molecular flexibility index (Phi) is 2.66. The molecule has 0 aliphatic rings. The fourth-order valence-corrected chi connectivity index (χ4v) is 1.84. The van der Waals surface area contributed by atoms with Crippen molar-refractivity contribution in [2.45, 2.75) is 13.8 Å². The molecule has 0 bridgehead atoms. The average molecular weight is 235 g/mol. The highest BCUT2D eigenvalue weighted by Crippen LogP contribution is 2.18. The van der Waals surface area contributed by atoms with Crippen LogP contribution in [-0.2, 0) is 0 Å². The molecule has 0 amide bonds. The van der Waals surface area contributed by atoms with Gasteiger partial charge >= 0.3 is 5.97 Å². The van der Waals surface area contributed by atoms with Gasteiger partial charge in [-0.05, 0) is 13.8 Å². The molecule has 5 nitrogen and oxygen atoms in total. The van der Waals surface area contributed by atoms with Gasteiger partial charge in [-0.15, -0.1) is 11.3 Å². The molecular formula is C10H9N3O2S. The number of aromatic carboxylic acids is 1. The summed E-state index contributed by atoms with van der Waals surface area (Å²) < 4.78 is 0. The molecule has 2 aromatic rings. The van der Waals surface area contributed by atoms with Crippen molar-refractivity contribution in [1.29, 1.82) is 0 Å². The van der Waals surface area contributed by atoms with Crippen LogP contribution in [0.3, 0.4) is 0 Å². The number of aromatic nitrogens is 3. The summed E-state index contributed by atoms with van der Waals surface area (Å²) in [4.78, 5) is 23.2. The van der Waals surface area contributed by atoms with Crippen molar-refractivity contribution in [3.8, 4) is 11.5 Å². The summed E-state index contributed by atoms with van der Waals surface area (Å²) in [6.07, 6.45) is 1.50. The van der Waals surface area contributed by atoms with Crippen LogP contribution in [0.2, 0.25) is 0 Å². The lowest BCUT2D eigenvalue weighted by Gasteiger charge is -2.00. The Hall–Kier alpha value is -1.82. The fourth-order valence-electron chi connectivity index (χ4n) is 1.25. The molecule has 0 fully saturated rings. The normalized spacial score (nSPS) is 10.4. The van der Waals surface area contributed by atoms with Gasteiger partial charge in [-0.25, -0.2) is 19.7 Å². The molecule has 0 aromatic carbocycles. The van der Waals surface area contributed by atoms with E-state index in [0.29, 0.717) is 17.1 Å². The minimum absolute atomic E-state index is 0.0238. The highest BCUT2D eigenvalue weighted by molar-refractivity contribution is 7.09. The standard InChI is InChI=1S/C10H9N3O2S/c1-5-3-11-9(13-8(5)10(14)15)7-4-16-6(2)12-7/h3-4H,1-2H3,(H,14,15). The molecule has 2 heterocycles. The highest BCUT2D eigenvalue weighted by atomic mass is 32.1. The summed E-state index contributed by atoms with van der Waals surface area (Å²) in [5.41, 5.74) is 1.18. The largest absolute Gasteiger partial charge is 0.477 e. The van der Waals surface area contributed by atoms with Gasteiger partial charge in [0.2, 0.25) is 0 Å². The molecule has 82 valence electrons. The highest BCUT2D eigenvalue weighted by Gasteiger charge is 2.13. The minimum Gasteiger partial charge on any atom is -0.477 e. The third kappa shape index (κ3) is 1.92. The Morgan fingerprint density at radius 3 is 2.69 bits per heavy atom. The number of carboxylic acid groups (broad SMARTS) is 1. The summed E-state index contributed by atoms with van der Waals surface area (Å²) >= 11 is 1.48. The van der Waals surface area contributed by atoms with Gasteiger partial charge in [-0.2, -0.15) is 0 Å². The Morgan fingerprint density at radius 1 is 1.38 bits per heavy atom. The maximum atomic E-state index is 10.9. The molecule has 0 saturated carbocycles. The van der Waals surface area contributed by atoms with Crippen LogP contribution in [0.5, 0.6) is 0 Å². The predicted molar refractivity (Wildman–Crippen MR) is 59.6 cm³/mol. The van der Waals surface area contributed by atoms with E-state index in [2.05, 4.69) is 15.0 Å². The summed E-state index contributed by atoms with van der Waals surface area (Å²) in [5.74, 6) is -0.694. The number of nitrogens with zero attached hydrogens (tertiary/aromatic N) is 3. The van der Waals surface area contributed by atoms with Gasteiger partial charge in [-0.3, -0.25) is 0 Å². The van der Waals surface area contributed by atoms with Gasteiger partial charge in [0.05, 0.1) is 5.01 Å². The van der Waals surface area contributed by atoms with E-state index in [9.17, 15) is 4.79 Å². The molecule has 6 heteroatoms. The van der Waals surface area contributed by atoms with Crippen molar-refractivity contribution in [3.63, 3.8) is 0 Å². The first-order valence-electron chi connectivity index (χ1n) is 4.57. The van der Waals surface area contributed by atoms with Gasteiger partial charge < -0.3 is 5.11 Å². The molecule has 0 spiro atoms. The van der Waals surface area contributed by atoms with Crippen LogP contribution in [-0.4, -0.2) is 26.0 Å². The van der Waals surface area contributed by atoms with E-state index >= 15 is 0 Å². The minimum atomic E-state index is -1.05. The molecule has 0 atom stereocenters. The second-order valence-electron chi connectivity index (χ2n) is 3.28. The van der Waals surface area contributed by atoms with Crippen LogP contribution in [0.25, 0.3) is 11.5 Å². The van der Waals surface area contributed by atoms with Crippen molar-refractivity contribution < 1.29 is 9.90 Å². The maximum absolute atomic E-state index is 10.9. The zero-order valence-electron chi connectivity index (χ0n) is 8.76. The molecule has 0 aliphatic heterocycles. The Labute approximate surface area is 95.8 Å². The lowest BCUT2D eigenvalue weighted by atomic mass is 10.2. The van der Waals surface area contributed by atoms with E-state index in [1.807, 2.05) is 12.3 Å². The van der Waals surface area contributed by atoms with E-state index in [-0.39, 0.29) is 5.69 Å². The van der Waals surface area contributed by atoms with Crippen LogP contribution in [0.1, 0.15) is 21.1 Å². The van der Waals surface area contributed by atoms with Crippen LogP contribution < -0.4 is 0 Å². The molecule has 0 radical (unpaired) electrons. The van der Waals surface area contributed by atoms with Crippen molar-refractivity contribution in [2.75, 3.05) is 0 Å². The number of carboxylic acids is 1. The monoisotopic (exact) mass is 235 g/mol. The number of hydrogen-bond donors (Lipinski definition) is 1. The number of hydrogen-bond acceptors (Lipinski definition) is 5. The first-order valence-corrected chi connectivity index (χ1v) is 5.45. The average Bonchev–Trinajstić information content (AvgIpc) is 2.65. The van der Waals surface area contributed by atoms with E-state index in [0.717, 1.165) is 5.01 Å². The summed E-state index contributed by atoms with van der Waals surface area (Å²) in [5, 5.41) is 11.6. The van der Waals surface area contributed by atoms with Gasteiger partial charge in [0.1, 0.15) is 5.69 Å². The molecule has 0 saturated heterocycles. The van der Waals surface area contributed by atoms with Crippen LogP contribution in [0.15, 0.2) is 11.6 Å². The summed E-state index contributed by atoms with van der Waals surface area (Å²) in [6, 6.07) is 0. The first-order chi connectivity index (χ1) is 7.58. The van der Waals surface area contributed by atoms with Gasteiger partial charge in [0.25, 0.3) is 0 Å². The Bertz CT molecular complexity index is 551. The van der Waals surface area contributed by atoms with Crippen LogP contribution in [0.4, 0.5) is 0 Å². The summed E-state index contributed by atoms with van der Waals surface area (Å²) in [7, 11) is 0. The Morgan fingerprint density at radius 2 is 2.12 bits per heavy atom. The SMILES string of the molecule is Cc1nc(-c2ncc(C)c(C(=O)O)n2)cs1. The summed E-state index contributed by atoms with van der Waals surface area (Å²) in [6.45, 7) is 3.54. The molecule has 16 heavy (non-hydrogen) atoms. The van der Waals surface area contributed by atoms with E-state index < -0.39 is 5.97 Å². The molecular weight excluding hydrogens is 226 g/mol. The van der Waals surface area contributed by atoms with E-state index in [1.165, 1.54) is 17.5 Å². The number of carbonyl (C=O) groups is 1. The number of rotatable bonds is 2. The van der Waals surface area contributed by atoms with Gasteiger partial charge in [-0.1, -0.05) is 0 Å². The molecule has 1 N–H and O–H groups in total. The maximum Gasteiger partial charge on any atom is 0.354 e. The Balaban J connectivity index is 2.51. The smallest absolute Gasteiger partial charge is 0.354 e. The number of aryl methyl sites for hydroxylation is 2. The van der Waals surface area contributed by atoms with Gasteiger partial charge in [0.15, 0.2) is 11.5 Å². The quantitative estimate of drug-likeness (QED) is 0.860. The first kappa shape index (κ1) is 10.7. The number of thiazole rings is 1. The zero-order chi connectivity index (χ0) is 11.7. The molecule has 0 aliphatic carbocycles. The van der Waals surface area contributed by atoms with Gasteiger partial charge in [0, 0.05) is 17.1 Å². The van der Waals surface area contributed by atoms with Crippen molar-refractivity contribution in [2.24, 2.45) is 0 Å². The second-order valence-corrected chi connectivity index (χ2v) is 4.34. The molecule has 0 unspecified atom stereocenters. The van der Waals surface area contributed by atoms with E-state index in [1.54, 1.807) is 6.92 Å². The van der Waals surface area contributed by atoms with Crippen LogP contribution >= 0.6 is 11.3 Å². The lowest BCUT2D eigenvalue weighted by molar-refractivity contribution is 0.0689. The van der Waals surface area contributed by atoms with Crippen molar-refractivity contribution in [1.82, 2.24) is 15.0 Å². The zero-order valence-corrected chi connectivity index (χ0v) is 9.58. The third-order valence-corrected chi connectivity index (χ3v) is 2.80.